The van der Waals surface area contributed by atoms with Gasteiger partial charge in [0.1, 0.15) is 6.04 Å². The quantitative estimate of drug-likeness (QED) is 0.153. The highest BCUT2D eigenvalue weighted by molar-refractivity contribution is 7.88. The Kier molecular flexibility index (Phi) is 7.40. The molecule has 0 spiro atoms. The van der Waals surface area contributed by atoms with E-state index in [0.717, 1.165) is 14.9 Å². The van der Waals surface area contributed by atoms with Crippen molar-refractivity contribution in [1.29, 1.82) is 0 Å². The number of likely N-dealkylation sites (N-methyl/N-ethyl adjacent to an activating group) is 1. The number of hydrogen-bond acceptors (Lipinski definition) is 8. The molecule has 0 aliphatic carbocycles. The Morgan fingerprint density at radius 3 is 2.35 bits per heavy atom. The summed E-state index contributed by atoms with van der Waals surface area (Å²) in [5.74, 6) is -5.27. The summed E-state index contributed by atoms with van der Waals surface area (Å²) in [7, 11) is -2.22. The van der Waals surface area contributed by atoms with Gasteiger partial charge in [0.25, 0.3) is 5.91 Å². The lowest BCUT2D eigenvalue weighted by Crippen LogP contribution is -2.84. The van der Waals surface area contributed by atoms with Gasteiger partial charge in [-0.25, -0.2) is 14.8 Å². The third kappa shape index (κ3) is 4.01. The van der Waals surface area contributed by atoms with Crippen molar-refractivity contribution in [3.63, 3.8) is 0 Å². The number of fused-ring (bicyclic) bond motifs is 1. The van der Waals surface area contributed by atoms with E-state index >= 15 is 0 Å². The summed E-state index contributed by atoms with van der Waals surface area (Å²) in [6.45, 7) is 4.67. The Bertz CT molecular complexity index is 1310. The minimum atomic E-state index is -2.22. The molecule has 3 fully saturated rings. The number of carbonyl (C=O) groups excluding carboxylic acids is 6. The lowest BCUT2D eigenvalue weighted by Gasteiger charge is -2.52. The molecule has 0 radical (unpaired) electrons. The molecule has 3 aliphatic rings. The molecule has 40 heavy (non-hydrogen) atoms. The highest BCUT2D eigenvalue weighted by atomic mass is 32.2. The highest BCUT2D eigenvalue weighted by Crippen LogP contribution is 2.49. The molecule has 1 aromatic carbocycles. The van der Waals surface area contributed by atoms with Gasteiger partial charge in [-0.2, -0.15) is 0 Å². The van der Waals surface area contributed by atoms with Crippen LogP contribution >= 0.6 is 0 Å². The third-order valence-electron chi connectivity index (χ3n) is 7.38. The molecule has 1 aromatic rings. The second-order valence-electron chi connectivity index (χ2n) is 9.83. The summed E-state index contributed by atoms with van der Waals surface area (Å²) in [5.41, 5.74) is 0.211. The molecule has 3 saturated heterocycles. The van der Waals surface area contributed by atoms with E-state index in [1.807, 2.05) is 0 Å². The van der Waals surface area contributed by atoms with Gasteiger partial charge in [-0.05, 0) is 26.3 Å². The Balaban J connectivity index is 1.72. The van der Waals surface area contributed by atoms with E-state index in [-0.39, 0.29) is 38.0 Å². The summed E-state index contributed by atoms with van der Waals surface area (Å²) >= 11 is 0. The van der Waals surface area contributed by atoms with Crippen molar-refractivity contribution in [3.8, 4) is 0 Å². The number of carboxylic acid groups (broad SMARTS) is 1. The fraction of sp³-hybridized carbons (Fsp3) is 0.458. The Labute approximate surface area is 230 Å². The predicted octanol–water partition coefficient (Wildman–Crippen LogP) is -2.49. The number of nitrogens with zero attached hydrogens (tertiary/aromatic N) is 4. The van der Waals surface area contributed by atoms with Crippen molar-refractivity contribution in [2.75, 3.05) is 19.6 Å². The van der Waals surface area contributed by atoms with Gasteiger partial charge in [0, 0.05) is 13.1 Å². The molecule has 3 heterocycles. The van der Waals surface area contributed by atoms with Crippen LogP contribution in [-0.4, -0.2) is 113 Å². The van der Waals surface area contributed by atoms with E-state index in [2.05, 4.69) is 10.6 Å². The van der Waals surface area contributed by atoms with Crippen molar-refractivity contribution in [3.05, 3.63) is 35.9 Å². The number of hydrogen-bond donors (Lipinski definition) is 3. The van der Waals surface area contributed by atoms with E-state index < -0.39 is 68.3 Å². The van der Waals surface area contributed by atoms with Crippen LogP contribution < -0.4 is 10.6 Å². The van der Waals surface area contributed by atoms with Crippen LogP contribution in [0, 0.1) is 0 Å². The van der Waals surface area contributed by atoms with Crippen LogP contribution in [0.15, 0.2) is 30.3 Å². The molecule has 3 aliphatic heterocycles. The van der Waals surface area contributed by atoms with Crippen molar-refractivity contribution < 1.29 is 42.9 Å². The Morgan fingerprint density at radius 1 is 1.15 bits per heavy atom. The fourth-order valence-corrected chi connectivity index (χ4v) is 7.57. The first-order chi connectivity index (χ1) is 18.9. The van der Waals surface area contributed by atoms with Gasteiger partial charge in [0.2, 0.25) is 23.7 Å². The molecule has 3 N–H and O–H groups in total. The summed E-state index contributed by atoms with van der Waals surface area (Å²) in [4.78, 5) is 88.4. The first kappa shape index (κ1) is 28.7. The van der Waals surface area contributed by atoms with Crippen molar-refractivity contribution in [1.82, 2.24) is 30.5 Å². The maximum Gasteiger partial charge on any atom is 0.330 e. The second-order valence-corrected chi connectivity index (χ2v) is 12.0. The van der Waals surface area contributed by atoms with Gasteiger partial charge in [0.05, 0.1) is 22.1 Å². The first-order valence-corrected chi connectivity index (χ1v) is 13.4. The third-order valence-corrected chi connectivity index (χ3v) is 9.67. The van der Waals surface area contributed by atoms with Crippen LogP contribution in [0.1, 0.15) is 32.4 Å². The number of benzene rings is 1. The zero-order valence-corrected chi connectivity index (χ0v) is 22.6. The van der Waals surface area contributed by atoms with Gasteiger partial charge in [-0.3, -0.25) is 37.9 Å². The Morgan fingerprint density at radius 2 is 1.80 bits per heavy atom. The summed E-state index contributed by atoms with van der Waals surface area (Å²) in [6.07, 6.45) is 0.358. The first-order valence-electron chi connectivity index (χ1n) is 12.3. The van der Waals surface area contributed by atoms with Crippen LogP contribution in [-0.2, 0) is 44.4 Å². The Hall–Kier alpha value is -4.34. The minimum absolute atomic E-state index is 0.0982. The number of aliphatic carboxylic acids is 1. The minimum Gasteiger partial charge on any atom is -0.480 e. The van der Waals surface area contributed by atoms with Gasteiger partial charge in [0.15, 0.2) is 12.1 Å². The van der Waals surface area contributed by atoms with Crippen LogP contribution in [0.5, 0.6) is 0 Å². The summed E-state index contributed by atoms with van der Waals surface area (Å²) in [5, 5.41) is 16.1. The zero-order valence-electron chi connectivity index (χ0n) is 21.8. The lowest BCUT2D eigenvalue weighted by molar-refractivity contribution is -0.179. The van der Waals surface area contributed by atoms with Crippen LogP contribution in [0.3, 0.4) is 0 Å². The number of β-lactam (4-membered cyclic amide) rings is 1. The standard InChI is InChI=1S/C24H28N6O9S/c1-4-27-10-11-28(21(36)20(27)35)29(13-32)15(14-8-6-5-7-9-14)18(33)26-16-19(34)30-17(22(37)38)23(2,3)40(39)24(16,30)25-12-31/h5-9,12-13,15-17H,4,10-11H2,1-3H3,(H,25,31)(H,26,33)(H,37,38)/t15?,16-,17-,24?,40?/m0/s1. The molecule has 5 atom stereocenters. The van der Waals surface area contributed by atoms with E-state index in [1.54, 1.807) is 25.1 Å². The molecule has 3 unspecified atom stereocenters. The van der Waals surface area contributed by atoms with Crippen molar-refractivity contribution in [2.45, 2.75) is 48.6 Å². The van der Waals surface area contributed by atoms with E-state index in [9.17, 15) is 42.9 Å². The highest BCUT2D eigenvalue weighted by Gasteiger charge is 2.78. The molecular weight excluding hydrogens is 548 g/mol. The number of hydrazine groups is 1. The fourth-order valence-electron chi connectivity index (χ4n) is 5.45. The van der Waals surface area contributed by atoms with E-state index in [0.29, 0.717) is 0 Å². The van der Waals surface area contributed by atoms with Gasteiger partial charge in [-0.15, -0.1) is 0 Å². The second kappa shape index (κ2) is 10.3. The van der Waals surface area contributed by atoms with Crippen LogP contribution in [0.2, 0.25) is 0 Å². The topological polar surface area (TPSA) is 194 Å². The van der Waals surface area contributed by atoms with Gasteiger partial charge in [-0.1, -0.05) is 30.3 Å². The molecule has 0 saturated carbocycles. The summed E-state index contributed by atoms with van der Waals surface area (Å²) < 4.78 is 12.1. The van der Waals surface area contributed by atoms with E-state index in [1.165, 1.54) is 30.9 Å². The molecule has 0 aromatic heterocycles. The molecule has 0 bridgehead atoms. The smallest absolute Gasteiger partial charge is 0.330 e. The van der Waals surface area contributed by atoms with Crippen molar-refractivity contribution >= 4 is 53.2 Å². The molecule has 4 rings (SSSR count). The normalized spacial score (nSPS) is 27.8. The number of carbonyl (C=O) groups is 7. The number of piperazine rings is 1. The van der Waals surface area contributed by atoms with Crippen LogP contribution in [0.25, 0.3) is 0 Å². The largest absolute Gasteiger partial charge is 0.480 e. The van der Waals surface area contributed by atoms with Crippen molar-refractivity contribution in [2.24, 2.45) is 0 Å². The van der Waals surface area contributed by atoms with Gasteiger partial charge < -0.3 is 20.6 Å². The maximum absolute atomic E-state index is 13.8. The van der Waals surface area contributed by atoms with E-state index in [4.69, 9.17) is 0 Å². The predicted molar refractivity (Wildman–Crippen MR) is 135 cm³/mol. The molecule has 214 valence electrons. The van der Waals surface area contributed by atoms with Crippen LogP contribution in [0.4, 0.5) is 0 Å². The number of carboxylic acids is 1. The number of amides is 6. The summed E-state index contributed by atoms with van der Waals surface area (Å²) in [6, 6.07) is 2.94. The number of nitrogens with one attached hydrogen (secondary N) is 2. The molecule has 6 amide bonds. The van der Waals surface area contributed by atoms with Gasteiger partial charge >= 0.3 is 17.8 Å². The monoisotopic (exact) mass is 576 g/mol. The number of rotatable bonds is 10. The average molecular weight is 577 g/mol. The zero-order chi connectivity index (χ0) is 29.6. The lowest BCUT2D eigenvalue weighted by atomic mass is 9.92. The average Bonchev–Trinajstić information content (AvgIpc) is 3.08. The molecule has 16 heteroatoms. The maximum atomic E-state index is 13.8. The molecular formula is C24H28N6O9S. The molecule has 15 nitrogen and oxygen atoms in total. The SMILES string of the molecule is CCN1CCN(N(C=O)C(C(=O)N[C@H]2C(=O)N3[C@@H](C(=O)O)C(C)(C)S(=O)C23NC=O)c2ccccc2)C(=O)C1=O.